The third kappa shape index (κ3) is 2.80. The van der Waals surface area contributed by atoms with Crippen LogP contribution in [0, 0.1) is 6.92 Å². The summed E-state index contributed by atoms with van der Waals surface area (Å²) in [4.78, 5) is 27.3. The van der Waals surface area contributed by atoms with Crippen LogP contribution >= 0.6 is 0 Å². The first kappa shape index (κ1) is 17.5. The Labute approximate surface area is 146 Å². The Kier molecular flexibility index (Phi) is 4.56. The van der Waals surface area contributed by atoms with E-state index in [0.29, 0.717) is 25.0 Å². The van der Waals surface area contributed by atoms with Gasteiger partial charge in [0.05, 0.1) is 18.7 Å². The Morgan fingerprint density at radius 3 is 2.80 bits per heavy atom. The van der Waals surface area contributed by atoms with Crippen LogP contribution in [0.4, 0.5) is 0 Å². The predicted octanol–water partition coefficient (Wildman–Crippen LogP) is 2.88. The predicted molar refractivity (Wildman–Crippen MR) is 94.9 cm³/mol. The largest absolute Gasteiger partial charge is 0.481 e. The summed E-state index contributed by atoms with van der Waals surface area (Å²) in [5.74, 6) is -1.03. The van der Waals surface area contributed by atoms with Crippen molar-refractivity contribution >= 4 is 22.8 Å². The minimum absolute atomic E-state index is 0.0883. The monoisotopic (exact) mass is 344 g/mol. The molecular weight excluding hydrogens is 320 g/mol. The molecule has 0 radical (unpaired) electrons. The fraction of sp³-hybridized carbons (Fsp3) is 0.474. The molecule has 1 aromatic carbocycles. The van der Waals surface area contributed by atoms with E-state index in [1.165, 1.54) is 0 Å². The zero-order valence-corrected chi connectivity index (χ0v) is 14.9. The molecule has 25 heavy (non-hydrogen) atoms. The van der Waals surface area contributed by atoms with Crippen LogP contribution in [0.3, 0.4) is 0 Å². The Hall–Kier alpha value is -2.34. The van der Waals surface area contributed by atoms with Gasteiger partial charge in [-0.25, -0.2) is 0 Å². The van der Waals surface area contributed by atoms with Gasteiger partial charge in [-0.3, -0.25) is 9.59 Å². The van der Waals surface area contributed by atoms with E-state index < -0.39 is 11.6 Å². The van der Waals surface area contributed by atoms with E-state index in [2.05, 4.69) is 10.3 Å². The first-order chi connectivity index (χ1) is 11.9. The third-order valence-electron chi connectivity index (χ3n) is 5.02. The number of aryl methyl sites for hydroxylation is 1. The lowest BCUT2D eigenvalue weighted by molar-refractivity contribution is -0.149. The second-order valence-electron chi connectivity index (χ2n) is 6.65. The summed E-state index contributed by atoms with van der Waals surface area (Å²) >= 11 is 0. The maximum Gasteiger partial charge on any atom is 0.306 e. The van der Waals surface area contributed by atoms with Gasteiger partial charge >= 0.3 is 5.97 Å². The number of aromatic nitrogens is 1. The number of carboxylic acids is 1. The highest BCUT2D eigenvalue weighted by molar-refractivity contribution is 6.09. The lowest BCUT2D eigenvalue weighted by Gasteiger charge is -2.36. The smallest absolute Gasteiger partial charge is 0.306 e. The first-order valence-corrected chi connectivity index (χ1v) is 8.66. The van der Waals surface area contributed by atoms with Gasteiger partial charge in [-0.05, 0) is 37.0 Å². The zero-order chi connectivity index (χ0) is 18.2. The molecule has 3 rings (SSSR count). The molecule has 6 heteroatoms. The fourth-order valence-corrected chi connectivity index (χ4v) is 3.96. The van der Waals surface area contributed by atoms with Crippen molar-refractivity contribution < 1.29 is 19.4 Å². The molecule has 134 valence electrons. The summed E-state index contributed by atoms with van der Waals surface area (Å²) in [7, 11) is 1.61. The van der Waals surface area contributed by atoms with Crippen molar-refractivity contribution in [3.63, 3.8) is 0 Å². The average molecular weight is 344 g/mol. The number of amides is 1. The molecule has 0 saturated carbocycles. The second-order valence-corrected chi connectivity index (χ2v) is 6.65. The van der Waals surface area contributed by atoms with Gasteiger partial charge in [-0.2, -0.15) is 0 Å². The maximum atomic E-state index is 12.3. The van der Waals surface area contributed by atoms with Crippen LogP contribution in [0.15, 0.2) is 12.1 Å². The van der Waals surface area contributed by atoms with Crippen molar-refractivity contribution in [3.05, 3.63) is 34.5 Å². The van der Waals surface area contributed by atoms with E-state index in [4.69, 9.17) is 4.74 Å². The molecule has 1 atom stereocenters. The Bertz CT molecular complexity index is 840. The Morgan fingerprint density at radius 2 is 2.16 bits per heavy atom. The number of fused-ring (bicyclic) bond motifs is 3. The Balaban J connectivity index is 2.30. The third-order valence-corrected chi connectivity index (χ3v) is 5.02. The highest BCUT2D eigenvalue weighted by Crippen LogP contribution is 2.43. The number of aliphatic carboxylic acids is 1. The van der Waals surface area contributed by atoms with Crippen LogP contribution in [0.1, 0.15) is 53.4 Å². The van der Waals surface area contributed by atoms with Crippen LogP contribution in [0.25, 0.3) is 10.9 Å². The molecule has 0 bridgehead atoms. The molecular formula is C19H24N2O4. The average Bonchev–Trinajstić information content (AvgIpc) is 2.96. The standard InChI is InChI=1S/C19H24N2O4/c1-4-8-19(10-14(22)23)17-12(7-9-25-19)15-13(18(24)20-3)6-5-11(2)16(15)21-17/h5-6,21H,4,7-10H2,1-3H3,(H,20,24)(H,22,23). The van der Waals surface area contributed by atoms with E-state index in [1.54, 1.807) is 7.05 Å². The number of hydrogen-bond donors (Lipinski definition) is 3. The van der Waals surface area contributed by atoms with Gasteiger partial charge in [0.2, 0.25) is 0 Å². The molecule has 6 nitrogen and oxygen atoms in total. The maximum absolute atomic E-state index is 12.3. The number of benzene rings is 1. The molecule has 1 aliphatic rings. The minimum atomic E-state index is -0.886. The highest BCUT2D eigenvalue weighted by Gasteiger charge is 2.42. The van der Waals surface area contributed by atoms with E-state index in [-0.39, 0.29) is 12.3 Å². The molecule has 3 N–H and O–H groups in total. The summed E-state index contributed by atoms with van der Waals surface area (Å²) < 4.78 is 6.03. The molecule has 1 unspecified atom stereocenters. The van der Waals surface area contributed by atoms with Crippen molar-refractivity contribution in [3.8, 4) is 0 Å². The molecule has 1 aromatic heterocycles. The summed E-state index contributed by atoms with van der Waals surface area (Å²) in [5, 5.41) is 13.0. The lowest BCUT2D eigenvalue weighted by Crippen LogP contribution is -2.37. The number of rotatable bonds is 5. The number of carboxylic acid groups (broad SMARTS) is 1. The summed E-state index contributed by atoms with van der Waals surface area (Å²) in [5.41, 5.74) is 3.50. The minimum Gasteiger partial charge on any atom is -0.481 e. The van der Waals surface area contributed by atoms with Gasteiger partial charge < -0.3 is 20.1 Å². The van der Waals surface area contributed by atoms with E-state index >= 15 is 0 Å². The topological polar surface area (TPSA) is 91.4 Å². The molecule has 0 spiro atoms. The number of ether oxygens (including phenoxy) is 1. The first-order valence-electron chi connectivity index (χ1n) is 8.66. The van der Waals surface area contributed by atoms with Gasteiger partial charge in [0, 0.05) is 23.5 Å². The van der Waals surface area contributed by atoms with Gasteiger partial charge in [-0.15, -0.1) is 0 Å². The number of H-pyrrole nitrogens is 1. The van der Waals surface area contributed by atoms with Crippen molar-refractivity contribution in [2.75, 3.05) is 13.7 Å². The fourth-order valence-electron chi connectivity index (χ4n) is 3.96. The molecule has 0 aliphatic carbocycles. The quantitative estimate of drug-likeness (QED) is 0.778. The summed E-state index contributed by atoms with van der Waals surface area (Å²) in [6.45, 7) is 4.46. The summed E-state index contributed by atoms with van der Waals surface area (Å²) in [6, 6.07) is 3.74. The number of aromatic amines is 1. The van der Waals surface area contributed by atoms with E-state index in [0.717, 1.165) is 34.1 Å². The highest BCUT2D eigenvalue weighted by atomic mass is 16.5. The lowest BCUT2D eigenvalue weighted by atomic mass is 9.84. The van der Waals surface area contributed by atoms with Crippen molar-refractivity contribution in [2.24, 2.45) is 0 Å². The second kappa shape index (κ2) is 6.52. The zero-order valence-electron chi connectivity index (χ0n) is 14.9. The van der Waals surface area contributed by atoms with Crippen LogP contribution in [0.5, 0.6) is 0 Å². The van der Waals surface area contributed by atoms with Gasteiger partial charge in [-0.1, -0.05) is 19.4 Å². The summed E-state index contributed by atoms with van der Waals surface area (Å²) in [6.07, 6.45) is 2.00. The van der Waals surface area contributed by atoms with Crippen LogP contribution < -0.4 is 5.32 Å². The number of carbonyl (C=O) groups is 2. The molecule has 1 aliphatic heterocycles. The van der Waals surface area contributed by atoms with Gasteiger partial charge in [0.25, 0.3) is 5.91 Å². The number of nitrogens with one attached hydrogen (secondary N) is 2. The Morgan fingerprint density at radius 1 is 1.40 bits per heavy atom. The van der Waals surface area contributed by atoms with Gasteiger partial charge in [0.1, 0.15) is 5.60 Å². The van der Waals surface area contributed by atoms with Crippen molar-refractivity contribution in [1.29, 1.82) is 0 Å². The van der Waals surface area contributed by atoms with E-state index in [1.807, 2.05) is 26.0 Å². The molecule has 2 aromatic rings. The number of carbonyl (C=O) groups excluding carboxylic acids is 1. The van der Waals surface area contributed by atoms with Crippen molar-refractivity contribution in [1.82, 2.24) is 10.3 Å². The van der Waals surface area contributed by atoms with Crippen LogP contribution in [-0.2, 0) is 21.6 Å². The number of hydrogen-bond acceptors (Lipinski definition) is 3. The normalized spacial score (nSPS) is 19.6. The van der Waals surface area contributed by atoms with Crippen molar-refractivity contribution in [2.45, 2.75) is 45.1 Å². The van der Waals surface area contributed by atoms with Crippen LogP contribution in [0.2, 0.25) is 0 Å². The molecule has 2 heterocycles. The molecule has 1 amide bonds. The van der Waals surface area contributed by atoms with Gasteiger partial charge in [0.15, 0.2) is 0 Å². The van der Waals surface area contributed by atoms with E-state index in [9.17, 15) is 14.7 Å². The SMILES string of the molecule is CCCC1(CC(=O)O)OCCc2c1[nH]c1c(C)ccc(C(=O)NC)c21. The molecule has 0 saturated heterocycles. The molecule has 0 fully saturated rings. The van der Waals surface area contributed by atoms with Crippen LogP contribution in [-0.4, -0.2) is 35.6 Å².